The molecule has 188 valence electrons. The molecule has 3 heterocycles. The van der Waals surface area contributed by atoms with E-state index in [-0.39, 0.29) is 38.4 Å². The van der Waals surface area contributed by atoms with Gasteiger partial charge in [-0.15, -0.1) is 0 Å². The van der Waals surface area contributed by atoms with Crippen molar-refractivity contribution in [2.75, 3.05) is 19.8 Å². The number of fused-ring (bicyclic) bond motifs is 1. The second-order valence-electron chi connectivity index (χ2n) is 9.19. The summed E-state index contributed by atoms with van der Waals surface area (Å²) >= 11 is 0. The van der Waals surface area contributed by atoms with Crippen LogP contribution in [-0.2, 0) is 37.0 Å². The van der Waals surface area contributed by atoms with Crippen LogP contribution in [0.4, 0.5) is 0 Å². The number of aromatic amines is 1. The number of H-pyrrole nitrogens is 1. The highest BCUT2D eigenvalue weighted by Crippen LogP contribution is 2.49. The van der Waals surface area contributed by atoms with Gasteiger partial charge in [0.1, 0.15) is 0 Å². The second kappa shape index (κ2) is 9.94. The molecule has 3 aromatic rings. The van der Waals surface area contributed by atoms with Crippen LogP contribution >= 0.6 is 0 Å². The summed E-state index contributed by atoms with van der Waals surface area (Å²) < 4.78 is 25.8. The molecular weight excluding hydrogens is 464 g/mol. The molecule has 9 heteroatoms. The lowest BCUT2D eigenvalue weighted by atomic mass is 9.78. The van der Waals surface area contributed by atoms with Crippen LogP contribution in [0, 0.1) is 6.92 Å². The van der Waals surface area contributed by atoms with Crippen LogP contribution in [0.5, 0.6) is 0 Å². The van der Waals surface area contributed by atoms with Crippen LogP contribution in [0.3, 0.4) is 0 Å². The first-order valence-electron chi connectivity index (χ1n) is 11.9. The van der Waals surface area contributed by atoms with Crippen molar-refractivity contribution in [3.05, 3.63) is 104 Å². The van der Waals surface area contributed by atoms with Crippen LogP contribution in [-0.4, -0.2) is 46.4 Å². The standard InChI is InChI=1S/C27H28N2O7/c1-19-14-29(25(32)28-23(19)31)24-22(30)27(35-16-21-10-6-3-7-11-21)12-13-33-17-26(27,36-24)18-34-15-20-8-4-2-5-9-20/h2-11,14,24H,12-13,15-18H2,1H3,(H,28,31,32)/t24-,26-,27+/m1/s1. The van der Waals surface area contributed by atoms with Gasteiger partial charge in [-0.05, 0) is 18.1 Å². The summed E-state index contributed by atoms with van der Waals surface area (Å²) in [5.41, 5.74) is -1.81. The average molecular weight is 493 g/mol. The van der Waals surface area contributed by atoms with E-state index in [9.17, 15) is 14.4 Å². The average Bonchev–Trinajstić information content (AvgIpc) is 3.15. The Bertz CT molecular complexity index is 1340. The molecular formula is C27H28N2O7. The molecule has 2 aromatic carbocycles. The number of nitrogens with one attached hydrogen (secondary N) is 1. The second-order valence-corrected chi connectivity index (χ2v) is 9.19. The Morgan fingerprint density at radius 2 is 1.67 bits per heavy atom. The summed E-state index contributed by atoms with van der Waals surface area (Å²) in [7, 11) is 0. The SMILES string of the molecule is Cc1cn([C@@H]2O[C@@]3(COCc4ccccc4)COCC[C@]3(OCc3ccccc3)C2=O)c(=O)[nH]c1=O. The van der Waals surface area contributed by atoms with Crippen LogP contribution in [0.1, 0.15) is 29.3 Å². The van der Waals surface area contributed by atoms with Gasteiger partial charge in [-0.3, -0.25) is 19.1 Å². The lowest BCUT2D eigenvalue weighted by Gasteiger charge is -2.45. The molecule has 0 spiro atoms. The third-order valence-corrected chi connectivity index (χ3v) is 6.80. The van der Waals surface area contributed by atoms with Gasteiger partial charge in [0.2, 0.25) is 12.0 Å². The third-order valence-electron chi connectivity index (χ3n) is 6.80. The number of Topliss-reactive ketones (excluding diaryl/α,β-unsaturated/α-hetero) is 1. The molecule has 0 bridgehead atoms. The van der Waals surface area contributed by atoms with Gasteiger partial charge in [0.25, 0.3) is 5.56 Å². The minimum Gasteiger partial charge on any atom is -0.378 e. The van der Waals surface area contributed by atoms with E-state index in [2.05, 4.69) is 4.98 Å². The summed E-state index contributed by atoms with van der Waals surface area (Å²) in [6.45, 7) is 2.38. The van der Waals surface area contributed by atoms with E-state index in [0.29, 0.717) is 6.61 Å². The fourth-order valence-corrected chi connectivity index (χ4v) is 4.84. The van der Waals surface area contributed by atoms with E-state index in [1.165, 1.54) is 6.20 Å². The van der Waals surface area contributed by atoms with E-state index < -0.39 is 34.5 Å². The molecule has 9 nitrogen and oxygen atoms in total. The maximum absolute atomic E-state index is 14.1. The Morgan fingerprint density at radius 1 is 1.00 bits per heavy atom. The molecule has 0 aliphatic carbocycles. The summed E-state index contributed by atoms with van der Waals surface area (Å²) in [6.07, 6.45) is 0.276. The van der Waals surface area contributed by atoms with Crippen LogP contribution < -0.4 is 11.2 Å². The van der Waals surface area contributed by atoms with Crippen molar-refractivity contribution in [1.29, 1.82) is 0 Å². The number of carbonyl (C=O) groups is 1. The normalized spacial score (nSPS) is 25.6. The molecule has 1 N–H and O–H groups in total. The number of hydrogen-bond acceptors (Lipinski definition) is 7. The van der Waals surface area contributed by atoms with Gasteiger partial charge in [0.15, 0.2) is 11.2 Å². The largest absolute Gasteiger partial charge is 0.378 e. The molecule has 2 saturated heterocycles. The molecule has 2 fully saturated rings. The fraction of sp³-hybridized carbons (Fsp3) is 0.370. The molecule has 36 heavy (non-hydrogen) atoms. The molecule has 0 amide bonds. The van der Waals surface area contributed by atoms with Gasteiger partial charge in [0, 0.05) is 18.2 Å². The number of rotatable bonds is 8. The van der Waals surface area contributed by atoms with Gasteiger partial charge in [-0.1, -0.05) is 60.7 Å². The Morgan fingerprint density at radius 3 is 2.36 bits per heavy atom. The zero-order valence-corrected chi connectivity index (χ0v) is 20.0. The molecule has 0 unspecified atom stereocenters. The Kier molecular flexibility index (Phi) is 6.72. The van der Waals surface area contributed by atoms with Crippen molar-refractivity contribution in [3.63, 3.8) is 0 Å². The van der Waals surface area contributed by atoms with E-state index in [1.807, 2.05) is 60.7 Å². The minimum absolute atomic E-state index is 0.00993. The number of hydrogen-bond donors (Lipinski definition) is 1. The van der Waals surface area contributed by atoms with Crippen molar-refractivity contribution in [2.45, 2.75) is 44.0 Å². The van der Waals surface area contributed by atoms with Crippen LogP contribution in [0.25, 0.3) is 0 Å². The summed E-state index contributed by atoms with van der Waals surface area (Å²) in [4.78, 5) is 40.9. The van der Waals surface area contributed by atoms with Crippen molar-refractivity contribution >= 4 is 5.78 Å². The third kappa shape index (κ3) is 4.35. The van der Waals surface area contributed by atoms with E-state index in [1.54, 1.807) is 6.92 Å². The monoisotopic (exact) mass is 492 g/mol. The lowest BCUT2D eigenvalue weighted by Crippen LogP contribution is -2.64. The van der Waals surface area contributed by atoms with Crippen molar-refractivity contribution in [3.8, 4) is 0 Å². The van der Waals surface area contributed by atoms with E-state index >= 15 is 0 Å². The van der Waals surface area contributed by atoms with Crippen LogP contribution in [0.15, 0.2) is 76.4 Å². The highest BCUT2D eigenvalue weighted by molar-refractivity contribution is 5.93. The number of ether oxygens (including phenoxy) is 4. The zero-order chi connectivity index (χ0) is 25.2. The van der Waals surface area contributed by atoms with E-state index in [0.717, 1.165) is 15.7 Å². The van der Waals surface area contributed by atoms with Crippen molar-refractivity contribution < 1.29 is 23.7 Å². The van der Waals surface area contributed by atoms with Crippen molar-refractivity contribution in [1.82, 2.24) is 9.55 Å². The predicted molar refractivity (Wildman–Crippen MR) is 129 cm³/mol. The molecule has 5 rings (SSSR count). The Balaban J connectivity index is 1.51. The summed E-state index contributed by atoms with van der Waals surface area (Å²) in [6, 6.07) is 19.2. The van der Waals surface area contributed by atoms with Gasteiger partial charge < -0.3 is 18.9 Å². The lowest BCUT2D eigenvalue weighted by molar-refractivity contribution is -0.245. The van der Waals surface area contributed by atoms with Gasteiger partial charge in [0.05, 0.1) is 33.0 Å². The molecule has 2 aliphatic heterocycles. The van der Waals surface area contributed by atoms with Crippen molar-refractivity contribution in [2.24, 2.45) is 0 Å². The van der Waals surface area contributed by atoms with Gasteiger partial charge in [-0.25, -0.2) is 4.79 Å². The topological polar surface area (TPSA) is 109 Å². The Labute approximate surface area is 207 Å². The zero-order valence-electron chi connectivity index (χ0n) is 20.0. The highest BCUT2D eigenvalue weighted by Gasteiger charge is 2.69. The number of aryl methyl sites for hydroxylation is 1. The minimum atomic E-state index is -1.41. The number of benzene rings is 2. The molecule has 0 saturated carbocycles. The maximum atomic E-state index is 14.1. The van der Waals surface area contributed by atoms with Gasteiger partial charge in [-0.2, -0.15) is 0 Å². The summed E-state index contributed by atoms with van der Waals surface area (Å²) in [5.74, 6) is -0.404. The maximum Gasteiger partial charge on any atom is 0.330 e. The molecule has 3 atom stereocenters. The first kappa shape index (κ1) is 24.3. The molecule has 2 aliphatic rings. The molecule has 1 aromatic heterocycles. The smallest absolute Gasteiger partial charge is 0.330 e. The van der Waals surface area contributed by atoms with Gasteiger partial charge >= 0.3 is 5.69 Å². The Hall–Kier alpha value is -3.37. The first-order valence-corrected chi connectivity index (χ1v) is 11.9. The number of ketones is 1. The predicted octanol–water partition coefficient (Wildman–Crippen LogP) is 2.27. The quantitative estimate of drug-likeness (QED) is 0.514. The fourth-order valence-electron chi connectivity index (χ4n) is 4.84. The van der Waals surface area contributed by atoms with Crippen LogP contribution in [0.2, 0.25) is 0 Å². The summed E-state index contributed by atoms with van der Waals surface area (Å²) in [5, 5.41) is 0. The highest BCUT2D eigenvalue weighted by atomic mass is 16.6. The van der Waals surface area contributed by atoms with E-state index in [4.69, 9.17) is 18.9 Å². The number of aromatic nitrogens is 2. The first-order chi connectivity index (χ1) is 17.4. The molecule has 0 radical (unpaired) electrons. The number of carbonyl (C=O) groups excluding carboxylic acids is 1. The number of nitrogens with zero attached hydrogens (tertiary/aromatic N) is 1.